The van der Waals surface area contributed by atoms with Crippen LogP contribution in [0, 0.1) is 11.3 Å². The SMILES string of the molecule is CCCSC1(C#N)CSC(C(=O)O)C1. The average Bonchev–Trinajstić information content (AvgIpc) is 2.60. The minimum absolute atomic E-state index is 0.390. The van der Waals surface area contributed by atoms with Crippen molar-refractivity contribution in [2.24, 2.45) is 0 Å². The van der Waals surface area contributed by atoms with Crippen molar-refractivity contribution in [3.63, 3.8) is 0 Å². The molecule has 2 atom stereocenters. The standard InChI is InChI=1S/C9H13NO2S2/c1-2-3-14-9(5-10)4-7(8(11)12)13-6-9/h7H,2-4,6H2,1H3,(H,11,12). The van der Waals surface area contributed by atoms with Crippen LogP contribution in [-0.4, -0.2) is 32.6 Å². The maximum atomic E-state index is 10.7. The number of carboxylic acids is 1. The Labute approximate surface area is 92.2 Å². The zero-order valence-corrected chi connectivity index (χ0v) is 9.66. The molecule has 0 aliphatic carbocycles. The van der Waals surface area contributed by atoms with Gasteiger partial charge in [0.15, 0.2) is 0 Å². The topological polar surface area (TPSA) is 61.1 Å². The Morgan fingerprint density at radius 1 is 1.86 bits per heavy atom. The van der Waals surface area contributed by atoms with E-state index < -0.39 is 10.7 Å². The van der Waals surface area contributed by atoms with Crippen molar-refractivity contribution < 1.29 is 9.90 Å². The first-order valence-electron chi connectivity index (χ1n) is 4.53. The molecule has 0 aromatic carbocycles. The number of nitriles is 1. The molecule has 0 radical (unpaired) electrons. The lowest BCUT2D eigenvalue weighted by molar-refractivity contribution is -0.136. The van der Waals surface area contributed by atoms with Crippen LogP contribution in [0.5, 0.6) is 0 Å². The summed E-state index contributed by atoms with van der Waals surface area (Å²) in [7, 11) is 0. The van der Waals surface area contributed by atoms with Crippen LogP contribution < -0.4 is 0 Å². The van der Waals surface area contributed by atoms with Crippen molar-refractivity contribution in [2.75, 3.05) is 11.5 Å². The van der Waals surface area contributed by atoms with Gasteiger partial charge in [-0.3, -0.25) is 4.79 Å². The number of hydrogen-bond acceptors (Lipinski definition) is 4. The molecule has 1 N–H and O–H groups in total. The number of carbonyl (C=O) groups is 1. The molecular formula is C9H13NO2S2. The van der Waals surface area contributed by atoms with Gasteiger partial charge in [-0.15, -0.1) is 23.5 Å². The van der Waals surface area contributed by atoms with Gasteiger partial charge >= 0.3 is 5.97 Å². The van der Waals surface area contributed by atoms with E-state index in [9.17, 15) is 4.79 Å². The summed E-state index contributed by atoms with van der Waals surface area (Å²) < 4.78 is -0.455. The third-order valence-electron chi connectivity index (χ3n) is 2.09. The molecule has 1 rings (SSSR count). The second-order valence-corrected chi connectivity index (χ2v) is 5.97. The van der Waals surface area contributed by atoms with Crippen molar-refractivity contribution >= 4 is 29.5 Å². The Kier molecular flexibility index (Phi) is 4.14. The number of rotatable bonds is 4. The normalized spacial score (nSPS) is 31.3. The first-order chi connectivity index (χ1) is 6.63. The van der Waals surface area contributed by atoms with Crippen LogP contribution in [0.1, 0.15) is 19.8 Å². The van der Waals surface area contributed by atoms with E-state index >= 15 is 0 Å². The molecule has 1 aliphatic heterocycles. The molecule has 1 fully saturated rings. The summed E-state index contributed by atoms with van der Waals surface area (Å²) in [6.45, 7) is 2.06. The summed E-state index contributed by atoms with van der Waals surface area (Å²) in [4.78, 5) is 10.7. The highest BCUT2D eigenvalue weighted by Gasteiger charge is 2.43. The molecule has 1 aliphatic rings. The van der Waals surface area contributed by atoms with E-state index in [0.717, 1.165) is 12.2 Å². The third-order valence-corrected chi connectivity index (χ3v) is 5.27. The van der Waals surface area contributed by atoms with Crippen LogP contribution in [0.15, 0.2) is 0 Å². The Morgan fingerprint density at radius 2 is 2.57 bits per heavy atom. The summed E-state index contributed by atoms with van der Waals surface area (Å²) in [6.07, 6.45) is 1.50. The smallest absolute Gasteiger partial charge is 0.316 e. The lowest BCUT2D eigenvalue weighted by Crippen LogP contribution is -2.25. The minimum Gasteiger partial charge on any atom is -0.480 e. The minimum atomic E-state index is -0.788. The number of aliphatic carboxylic acids is 1. The fourth-order valence-corrected chi connectivity index (χ4v) is 4.10. The molecule has 14 heavy (non-hydrogen) atoms. The van der Waals surface area contributed by atoms with Crippen molar-refractivity contribution in [2.45, 2.75) is 29.8 Å². The molecule has 0 aromatic rings. The molecule has 0 aromatic heterocycles. The van der Waals surface area contributed by atoms with E-state index in [1.165, 1.54) is 11.8 Å². The zero-order valence-electron chi connectivity index (χ0n) is 8.02. The van der Waals surface area contributed by atoms with Gasteiger partial charge in [-0.05, 0) is 18.6 Å². The van der Waals surface area contributed by atoms with Gasteiger partial charge < -0.3 is 5.11 Å². The van der Waals surface area contributed by atoms with Crippen LogP contribution in [0.4, 0.5) is 0 Å². The van der Waals surface area contributed by atoms with Gasteiger partial charge in [0.2, 0.25) is 0 Å². The molecule has 2 unspecified atom stereocenters. The fourth-order valence-electron chi connectivity index (χ4n) is 1.32. The highest BCUT2D eigenvalue weighted by Crippen LogP contribution is 2.43. The highest BCUT2D eigenvalue weighted by atomic mass is 32.2. The van der Waals surface area contributed by atoms with Crippen molar-refractivity contribution in [1.82, 2.24) is 0 Å². The second kappa shape index (κ2) is 4.94. The quantitative estimate of drug-likeness (QED) is 0.801. The van der Waals surface area contributed by atoms with Gasteiger partial charge in [-0.25, -0.2) is 0 Å². The summed E-state index contributed by atoms with van der Waals surface area (Å²) in [5.74, 6) is 0.787. The molecule has 0 amide bonds. The number of thioether (sulfide) groups is 2. The van der Waals surface area contributed by atoms with E-state index in [2.05, 4.69) is 13.0 Å². The van der Waals surface area contributed by atoms with Crippen LogP contribution in [-0.2, 0) is 4.79 Å². The van der Waals surface area contributed by atoms with Gasteiger partial charge in [0.1, 0.15) is 10.00 Å². The number of carboxylic acid groups (broad SMARTS) is 1. The molecule has 0 saturated carbocycles. The number of hydrogen-bond donors (Lipinski definition) is 1. The van der Waals surface area contributed by atoms with E-state index in [-0.39, 0.29) is 5.25 Å². The van der Waals surface area contributed by atoms with Crippen LogP contribution in [0.25, 0.3) is 0 Å². The first-order valence-corrected chi connectivity index (χ1v) is 6.56. The van der Waals surface area contributed by atoms with Gasteiger partial charge in [0.25, 0.3) is 0 Å². The Bertz CT molecular complexity index is 264. The van der Waals surface area contributed by atoms with Gasteiger partial charge in [-0.1, -0.05) is 6.92 Å². The zero-order chi connectivity index (χ0) is 10.6. The lowest BCUT2D eigenvalue weighted by Gasteiger charge is -2.18. The monoisotopic (exact) mass is 231 g/mol. The summed E-state index contributed by atoms with van der Waals surface area (Å²) in [5.41, 5.74) is 0. The van der Waals surface area contributed by atoms with E-state index in [1.54, 1.807) is 11.8 Å². The average molecular weight is 231 g/mol. The Hall–Kier alpha value is -0.340. The summed E-state index contributed by atoms with van der Waals surface area (Å²) in [6, 6.07) is 2.28. The van der Waals surface area contributed by atoms with Crippen LogP contribution >= 0.6 is 23.5 Å². The van der Waals surface area contributed by atoms with Crippen molar-refractivity contribution in [3.05, 3.63) is 0 Å². The largest absolute Gasteiger partial charge is 0.480 e. The van der Waals surface area contributed by atoms with Gasteiger partial charge in [0.05, 0.1) is 6.07 Å². The molecule has 0 spiro atoms. The molecule has 5 heteroatoms. The van der Waals surface area contributed by atoms with Crippen LogP contribution in [0.3, 0.4) is 0 Å². The molecule has 3 nitrogen and oxygen atoms in total. The summed E-state index contributed by atoms with van der Waals surface area (Å²) in [5, 5.41) is 17.5. The first kappa shape index (κ1) is 11.7. The molecule has 0 bridgehead atoms. The summed E-state index contributed by atoms with van der Waals surface area (Å²) >= 11 is 3.00. The van der Waals surface area contributed by atoms with Gasteiger partial charge in [-0.2, -0.15) is 5.26 Å². The predicted octanol–water partition coefficient (Wildman–Crippen LogP) is 1.98. The second-order valence-electron chi connectivity index (χ2n) is 3.30. The molecule has 1 saturated heterocycles. The molecular weight excluding hydrogens is 218 g/mol. The van der Waals surface area contributed by atoms with Gasteiger partial charge in [0, 0.05) is 5.75 Å². The maximum absolute atomic E-state index is 10.7. The van der Waals surface area contributed by atoms with E-state index in [0.29, 0.717) is 12.2 Å². The molecule has 1 heterocycles. The Morgan fingerprint density at radius 3 is 3.00 bits per heavy atom. The fraction of sp³-hybridized carbons (Fsp3) is 0.778. The van der Waals surface area contributed by atoms with Crippen LogP contribution in [0.2, 0.25) is 0 Å². The highest BCUT2D eigenvalue weighted by molar-refractivity contribution is 8.05. The molecule has 78 valence electrons. The Balaban J connectivity index is 2.58. The number of nitrogens with zero attached hydrogens (tertiary/aromatic N) is 1. The van der Waals surface area contributed by atoms with E-state index in [4.69, 9.17) is 10.4 Å². The third kappa shape index (κ3) is 2.58. The predicted molar refractivity (Wildman–Crippen MR) is 59.6 cm³/mol. The van der Waals surface area contributed by atoms with E-state index in [1.807, 2.05) is 0 Å². The van der Waals surface area contributed by atoms with Crippen molar-refractivity contribution in [3.8, 4) is 6.07 Å². The maximum Gasteiger partial charge on any atom is 0.316 e. The van der Waals surface area contributed by atoms with Crippen molar-refractivity contribution in [1.29, 1.82) is 5.26 Å². The lowest BCUT2D eigenvalue weighted by atomic mass is 10.1.